The average molecular weight is 394 g/mol. The van der Waals surface area contributed by atoms with Crippen molar-refractivity contribution in [3.05, 3.63) is 52.6 Å². The minimum atomic E-state index is -0.188. The van der Waals surface area contributed by atoms with Gasteiger partial charge in [-0.2, -0.15) is 0 Å². The van der Waals surface area contributed by atoms with Crippen molar-refractivity contribution in [2.75, 3.05) is 46.3 Å². The van der Waals surface area contributed by atoms with E-state index in [2.05, 4.69) is 23.9 Å². The molecule has 0 spiro atoms. The average Bonchev–Trinajstić information content (AvgIpc) is 2.76. The molecule has 2 aromatic rings. The van der Waals surface area contributed by atoms with Crippen molar-refractivity contribution >= 4 is 17.3 Å². The molecule has 0 atom stereocenters. The fourth-order valence-corrected chi connectivity index (χ4v) is 4.32. The first kappa shape index (κ1) is 19.5. The van der Waals surface area contributed by atoms with Crippen LogP contribution in [0.2, 0.25) is 0 Å². The van der Waals surface area contributed by atoms with Gasteiger partial charge in [-0.25, -0.2) is 0 Å². The highest BCUT2D eigenvalue weighted by molar-refractivity contribution is 6.29. The maximum Gasteiger partial charge on any atom is 0.198 e. The summed E-state index contributed by atoms with van der Waals surface area (Å²) in [6.07, 6.45) is 2.16. The monoisotopic (exact) mass is 394 g/mol. The molecule has 6 nitrogen and oxygen atoms in total. The first-order valence-corrected chi connectivity index (χ1v) is 9.85. The predicted molar refractivity (Wildman–Crippen MR) is 112 cm³/mol. The first-order chi connectivity index (χ1) is 13.9. The van der Waals surface area contributed by atoms with Crippen molar-refractivity contribution in [1.82, 2.24) is 4.90 Å². The maximum atomic E-state index is 13.3. The van der Waals surface area contributed by atoms with E-state index in [9.17, 15) is 9.59 Å². The minimum Gasteiger partial charge on any atom is -0.497 e. The lowest BCUT2D eigenvalue weighted by Gasteiger charge is -2.36. The molecule has 0 amide bonds. The summed E-state index contributed by atoms with van der Waals surface area (Å²) in [5.41, 5.74) is 2.51. The Labute approximate surface area is 171 Å². The van der Waals surface area contributed by atoms with Gasteiger partial charge in [-0.15, -0.1) is 0 Å². The molecule has 152 valence electrons. The van der Waals surface area contributed by atoms with Gasteiger partial charge >= 0.3 is 0 Å². The number of nitrogens with zero attached hydrogens (tertiary/aromatic N) is 2. The predicted octanol–water partition coefficient (Wildman–Crippen LogP) is 3.01. The van der Waals surface area contributed by atoms with Gasteiger partial charge < -0.3 is 19.3 Å². The van der Waals surface area contributed by atoms with Gasteiger partial charge in [-0.1, -0.05) is 0 Å². The molecular weight excluding hydrogens is 368 g/mol. The standard InChI is InChI=1S/C23H26N2O4/c1-24(2)14-7-9-25(10-8-14)15-5-6-17-18(11-15)22(26)19-12-16(28-3)13-20(29-4)21(19)23(17)27/h5-6,11-14H,7-10H2,1-4H3. The summed E-state index contributed by atoms with van der Waals surface area (Å²) in [5.74, 6) is 0.495. The molecule has 29 heavy (non-hydrogen) atoms. The zero-order chi connectivity index (χ0) is 20.7. The molecule has 4 rings (SSSR count). The molecule has 0 N–H and O–H groups in total. The number of anilines is 1. The number of carbonyl (C=O) groups excluding carboxylic acids is 2. The highest BCUT2D eigenvalue weighted by atomic mass is 16.5. The lowest BCUT2D eigenvalue weighted by molar-refractivity contribution is 0.0976. The van der Waals surface area contributed by atoms with Gasteiger partial charge in [0.2, 0.25) is 0 Å². The summed E-state index contributed by atoms with van der Waals surface area (Å²) >= 11 is 0. The molecule has 0 unspecified atom stereocenters. The number of piperidine rings is 1. The highest BCUT2D eigenvalue weighted by Crippen LogP contribution is 2.38. The van der Waals surface area contributed by atoms with Crippen LogP contribution in [-0.2, 0) is 0 Å². The van der Waals surface area contributed by atoms with Crippen LogP contribution in [-0.4, -0.2) is 63.9 Å². The second kappa shape index (κ2) is 7.52. The third-order valence-electron chi connectivity index (χ3n) is 6.06. The van der Waals surface area contributed by atoms with Crippen LogP contribution in [0.3, 0.4) is 0 Å². The lowest BCUT2D eigenvalue weighted by Crippen LogP contribution is -2.42. The SMILES string of the molecule is COc1cc(OC)c2c(c1)C(=O)c1cc(N3CCC(N(C)C)CC3)ccc1C2=O. The highest BCUT2D eigenvalue weighted by Gasteiger charge is 2.34. The quantitative estimate of drug-likeness (QED) is 0.678. The molecule has 1 aliphatic carbocycles. The fraction of sp³-hybridized carbons (Fsp3) is 0.391. The molecule has 2 aliphatic rings. The second-order valence-corrected chi connectivity index (χ2v) is 7.82. The molecule has 1 fully saturated rings. The number of methoxy groups -OCH3 is 2. The van der Waals surface area contributed by atoms with E-state index in [1.165, 1.54) is 14.2 Å². The first-order valence-electron chi connectivity index (χ1n) is 9.85. The third kappa shape index (κ3) is 3.27. The van der Waals surface area contributed by atoms with E-state index in [0.717, 1.165) is 31.6 Å². The largest absolute Gasteiger partial charge is 0.497 e. The van der Waals surface area contributed by atoms with Crippen LogP contribution in [0.4, 0.5) is 5.69 Å². The Morgan fingerprint density at radius 1 is 0.897 bits per heavy atom. The van der Waals surface area contributed by atoms with Crippen molar-refractivity contribution in [1.29, 1.82) is 0 Å². The van der Waals surface area contributed by atoms with Gasteiger partial charge in [0, 0.05) is 47.6 Å². The van der Waals surface area contributed by atoms with Crippen LogP contribution < -0.4 is 14.4 Å². The number of fused-ring (bicyclic) bond motifs is 2. The van der Waals surface area contributed by atoms with Gasteiger partial charge in [0.1, 0.15) is 11.5 Å². The number of carbonyl (C=O) groups is 2. The summed E-state index contributed by atoms with van der Waals surface area (Å²) in [4.78, 5) is 31.0. The van der Waals surface area contributed by atoms with E-state index in [0.29, 0.717) is 39.8 Å². The summed E-state index contributed by atoms with van der Waals surface area (Å²) in [7, 11) is 7.25. The number of ether oxygens (including phenoxy) is 2. The van der Waals surface area contributed by atoms with Crippen molar-refractivity contribution in [3.8, 4) is 11.5 Å². The molecule has 0 radical (unpaired) electrons. The third-order valence-corrected chi connectivity index (χ3v) is 6.06. The van der Waals surface area contributed by atoms with Crippen LogP contribution in [0.25, 0.3) is 0 Å². The summed E-state index contributed by atoms with van der Waals surface area (Å²) < 4.78 is 10.7. The summed E-state index contributed by atoms with van der Waals surface area (Å²) in [5, 5.41) is 0. The van der Waals surface area contributed by atoms with Crippen LogP contribution in [0.5, 0.6) is 11.5 Å². The van der Waals surface area contributed by atoms with E-state index < -0.39 is 0 Å². The molecular formula is C23H26N2O4. The van der Waals surface area contributed by atoms with Crippen LogP contribution in [0.15, 0.2) is 30.3 Å². The molecule has 1 aliphatic heterocycles. The summed E-state index contributed by atoms with van der Waals surface area (Å²) in [6.45, 7) is 1.87. The maximum absolute atomic E-state index is 13.3. The van der Waals surface area contributed by atoms with Gasteiger partial charge in [0.05, 0.1) is 19.8 Å². The Balaban J connectivity index is 1.70. The molecule has 2 aromatic carbocycles. The number of hydrogen-bond donors (Lipinski definition) is 0. The van der Waals surface area contributed by atoms with Crippen molar-refractivity contribution < 1.29 is 19.1 Å². The van der Waals surface area contributed by atoms with E-state index >= 15 is 0 Å². The number of benzene rings is 2. The second-order valence-electron chi connectivity index (χ2n) is 7.82. The Kier molecular flexibility index (Phi) is 5.04. The molecule has 1 saturated heterocycles. The van der Waals surface area contributed by atoms with Gasteiger partial charge in [0.25, 0.3) is 0 Å². The van der Waals surface area contributed by atoms with Crippen molar-refractivity contribution in [2.45, 2.75) is 18.9 Å². The molecule has 0 saturated carbocycles. The summed E-state index contributed by atoms with van der Waals surface area (Å²) in [6, 6.07) is 9.42. The molecule has 1 heterocycles. The Morgan fingerprint density at radius 2 is 1.62 bits per heavy atom. The number of ketones is 2. The Morgan fingerprint density at radius 3 is 2.24 bits per heavy atom. The smallest absolute Gasteiger partial charge is 0.198 e. The Bertz CT molecular complexity index is 975. The van der Waals surface area contributed by atoms with E-state index in [1.807, 2.05) is 12.1 Å². The van der Waals surface area contributed by atoms with Crippen molar-refractivity contribution in [2.24, 2.45) is 0 Å². The molecule has 0 bridgehead atoms. The van der Waals surface area contributed by atoms with Crippen LogP contribution >= 0.6 is 0 Å². The fourth-order valence-electron chi connectivity index (χ4n) is 4.32. The zero-order valence-corrected chi connectivity index (χ0v) is 17.3. The molecule has 6 heteroatoms. The van der Waals surface area contributed by atoms with Gasteiger partial charge in [-0.05, 0) is 51.2 Å². The van der Waals surface area contributed by atoms with E-state index in [4.69, 9.17) is 9.47 Å². The van der Waals surface area contributed by atoms with Crippen LogP contribution in [0, 0.1) is 0 Å². The minimum absolute atomic E-state index is 0.170. The zero-order valence-electron chi connectivity index (χ0n) is 17.3. The van der Waals surface area contributed by atoms with Gasteiger partial charge in [-0.3, -0.25) is 9.59 Å². The molecule has 0 aromatic heterocycles. The number of hydrogen-bond acceptors (Lipinski definition) is 6. The van der Waals surface area contributed by atoms with E-state index in [1.54, 1.807) is 18.2 Å². The lowest BCUT2D eigenvalue weighted by atomic mass is 9.83. The topological polar surface area (TPSA) is 59.1 Å². The Hall–Kier alpha value is -2.86. The normalized spacial score (nSPS) is 16.7. The number of rotatable bonds is 4. The van der Waals surface area contributed by atoms with E-state index in [-0.39, 0.29) is 11.6 Å². The van der Waals surface area contributed by atoms with Gasteiger partial charge in [0.15, 0.2) is 11.6 Å². The van der Waals surface area contributed by atoms with Crippen LogP contribution in [0.1, 0.15) is 44.7 Å². The van der Waals surface area contributed by atoms with Crippen molar-refractivity contribution in [3.63, 3.8) is 0 Å².